The van der Waals surface area contributed by atoms with Crippen molar-refractivity contribution >= 4 is 5.78 Å². The molecule has 2 aromatic rings. The van der Waals surface area contributed by atoms with Crippen molar-refractivity contribution in [2.45, 2.75) is 56.1 Å². The first kappa shape index (κ1) is 17.8. The van der Waals surface area contributed by atoms with Crippen LogP contribution in [0.1, 0.15) is 56.1 Å². The first-order valence-electron chi connectivity index (χ1n) is 9.18. The van der Waals surface area contributed by atoms with E-state index in [0.717, 1.165) is 36.8 Å². The van der Waals surface area contributed by atoms with Gasteiger partial charge in [-0.2, -0.15) is 0 Å². The number of carbonyl (C=O) groups is 1. The molecule has 1 aliphatic rings. The molecule has 0 aliphatic heterocycles. The Morgan fingerprint density at radius 3 is 1.72 bits per heavy atom. The lowest BCUT2D eigenvalue weighted by atomic mass is 9.63. The van der Waals surface area contributed by atoms with Gasteiger partial charge in [0.25, 0.3) is 0 Å². The van der Waals surface area contributed by atoms with Gasteiger partial charge in [-0.1, -0.05) is 86.3 Å². The van der Waals surface area contributed by atoms with E-state index in [1.807, 2.05) is 60.7 Å². The van der Waals surface area contributed by atoms with Gasteiger partial charge < -0.3 is 10.2 Å². The molecule has 1 aliphatic carbocycles. The molecule has 3 heteroatoms. The second-order valence-electron chi connectivity index (χ2n) is 7.00. The normalized spacial score (nSPS) is 20.8. The van der Waals surface area contributed by atoms with Gasteiger partial charge in [0, 0.05) is 6.42 Å². The number of aliphatic hydroxyl groups is 2. The Hall–Kier alpha value is -1.97. The SMILES string of the molecule is O=C1CCCCCCCC(c2ccccc2)(c2ccccc2)C1(O)O. The summed E-state index contributed by atoms with van der Waals surface area (Å²) in [7, 11) is 0. The maximum Gasteiger partial charge on any atom is 0.238 e. The van der Waals surface area contributed by atoms with E-state index in [1.54, 1.807) is 0 Å². The van der Waals surface area contributed by atoms with E-state index in [9.17, 15) is 15.0 Å². The second-order valence-corrected chi connectivity index (χ2v) is 7.00. The lowest BCUT2D eigenvalue weighted by molar-refractivity contribution is -0.207. The summed E-state index contributed by atoms with van der Waals surface area (Å²) in [5.41, 5.74) is 0.407. The van der Waals surface area contributed by atoms with Crippen LogP contribution in [0.15, 0.2) is 60.7 Å². The van der Waals surface area contributed by atoms with Crippen molar-refractivity contribution < 1.29 is 15.0 Å². The van der Waals surface area contributed by atoms with Gasteiger partial charge in [-0.15, -0.1) is 0 Å². The Balaban J connectivity index is 2.22. The number of Topliss-reactive ketones (excluding diaryl/α,β-unsaturated/α-hetero) is 1. The van der Waals surface area contributed by atoms with Crippen LogP contribution in [-0.4, -0.2) is 21.8 Å². The standard InChI is InChI=1S/C22H26O3/c23-20-16-10-2-1-3-11-17-21(22(20,24)25,18-12-6-4-7-13-18)19-14-8-5-9-15-19/h4-9,12-15,24-25H,1-3,10-11,16-17H2. The Bertz CT molecular complexity index is 652. The molecule has 0 amide bonds. The third-order valence-corrected chi connectivity index (χ3v) is 5.47. The molecular formula is C22H26O3. The zero-order valence-corrected chi connectivity index (χ0v) is 14.5. The van der Waals surface area contributed by atoms with Crippen molar-refractivity contribution in [2.24, 2.45) is 0 Å². The third kappa shape index (κ3) is 3.26. The van der Waals surface area contributed by atoms with Gasteiger partial charge >= 0.3 is 0 Å². The lowest BCUT2D eigenvalue weighted by Gasteiger charge is -2.44. The Morgan fingerprint density at radius 1 is 0.680 bits per heavy atom. The van der Waals surface area contributed by atoms with Gasteiger partial charge in [0.2, 0.25) is 5.79 Å². The Labute approximate surface area is 149 Å². The number of rotatable bonds is 2. The summed E-state index contributed by atoms with van der Waals surface area (Å²) >= 11 is 0. The maximum absolute atomic E-state index is 12.8. The summed E-state index contributed by atoms with van der Waals surface area (Å²) in [5, 5.41) is 22.4. The summed E-state index contributed by atoms with van der Waals surface area (Å²) in [4.78, 5) is 12.8. The van der Waals surface area contributed by atoms with E-state index >= 15 is 0 Å². The monoisotopic (exact) mass is 338 g/mol. The van der Waals surface area contributed by atoms with E-state index < -0.39 is 17.0 Å². The van der Waals surface area contributed by atoms with Gasteiger partial charge in [-0.3, -0.25) is 4.79 Å². The number of hydrogen-bond donors (Lipinski definition) is 2. The number of hydrogen-bond acceptors (Lipinski definition) is 3. The number of ketones is 1. The largest absolute Gasteiger partial charge is 0.359 e. The van der Waals surface area contributed by atoms with Crippen LogP contribution in [0.4, 0.5) is 0 Å². The molecule has 132 valence electrons. The van der Waals surface area contributed by atoms with Crippen molar-refractivity contribution in [3.8, 4) is 0 Å². The van der Waals surface area contributed by atoms with Crippen molar-refractivity contribution in [1.82, 2.24) is 0 Å². The molecule has 0 bridgehead atoms. The molecule has 0 radical (unpaired) electrons. The average Bonchev–Trinajstić information content (AvgIpc) is 2.64. The minimum Gasteiger partial charge on any atom is -0.359 e. The van der Waals surface area contributed by atoms with Gasteiger partial charge in [-0.25, -0.2) is 0 Å². The highest BCUT2D eigenvalue weighted by atomic mass is 16.5. The quantitative estimate of drug-likeness (QED) is 0.815. The van der Waals surface area contributed by atoms with Crippen LogP contribution in [0.5, 0.6) is 0 Å². The van der Waals surface area contributed by atoms with E-state index in [0.29, 0.717) is 12.8 Å². The van der Waals surface area contributed by atoms with Crippen LogP contribution in [0.2, 0.25) is 0 Å². The van der Waals surface area contributed by atoms with Gasteiger partial charge in [0.15, 0.2) is 5.78 Å². The summed E-state index contributed by atoms with van der Waals surface area (Å²) in [5.74, 6) is -2.91. The molecule has 2 N–H and O–H groups in total. The number of carbonyl (C=O) groups excluding carboxylic acids is 1. The van der Waals surface area contributed by atoms with E-state index in [1.165, 1.54) is 0 Å². The van der Waals surface area contributed by atoms with E-state index in [-0.39, 0.29) is 6.42 Å². The predicted molar refractivity (Wildman–Crippen MR) is 98.2 cm³/mol. The van der Waals surface area contributed by atoms with Crippen molar-refractivity contribution in [3.05, 3.63) is 71.8 Å². The van der Waals surface area contributed by atoms with Crippen LogP contribution in [0.25, 0.3) is 0 Å². The topological polar surface area (TPSA) is 57.5 Å². The molecule has 0 atom stereocenters. The minimum atomic E-state index is -2.42. The summed E-state index contributed by atoms with van der Waals surface area (Å²) in [6.45, 7) is 0. The zero-order chi connectivity index (χ0) is 17.8. The molecule has 0 spiro atoms. The second kappa shape index (κ2) is 7.51. The zero-order valence-electron chi connectivity index (χ0n) is 14.5. The molecule has 3 nitrogen and oxygen atoms in total. The molecule has 0 saturated heterocycles. The molecule has 1 saturated carbocycles. The van der Waals surface area contributed by atoms with Gasteiger partial charge in [0.1, 0.15) is 0 Å². The van der Waals surface area contributed by atoms with Crippen molar-refractivity contribution in [2.75, 3.05) is 0 Å². The molecule has 2 aromatic carbocycles. The lowest BCUT2D eigenvalue weighted by Crippen LogP contribution is -2.58. The molecule has 0 heterocycles. The smallest absolute Gasteiger partial charge is 0.238 e. The van der Waals surface area contributed by atoms with E-state index in [2.05, 4.69) is 0 Å². The van der Waals surface area contributed by atoms with Crippen molar-refractivity contribution in [1.29, 1.82) is 0 Å². The van der Waals surface area contributed by atoms with Crippen LogP contribution in [-0.2, 0) is 10.2 Å². The predicted octanol–water partition coefficient (Wildman–Crippen LogP) is 3.97. The van der Waals surface area contributed by atoms with Gasteiger partial charge in [-0.05, 0) is 24.0 Å². The average molecular weight is 338 g/mol. The first-order valence-corrected chi connectivity index (χ1v) is 9.18. The fourth-order valence-corrected chi connectivity index (χ4v) is 4.10. The highest BCUT2D eigenvalue weighted by Crippen LogP contribution is 2.46. The fraction of sp³-hybridized carbons (Fsp3) is 0.409. The Kier molecular flexibility index (Phi) is 5.36. The van der Waals surface area contributed by atoms with Crippen LogP contribution in [0.3, 0.4) is 0 Å². The molecule has 3 rings (SSSR count). The highest BCUT2D eigenvalue weighted by Gasteiger charge is 2.55. The Morgan fingerprint density at radius 2 is 1.16 bits per heavy atom. The van der Waals surface area contributed by atoms with E-state index in [4.69, 9.17) is 0 Å². The summed E-state index contributed by atoms with van der Waals surface area (Å²) in [6, 6.07) is 18.9. The summed E-state index contributed by atoms with van der Waals surface area (Å²) < 4.78 is 0. The molecule has 0 unspecified atom stereocenters. The molecule has 25 heavy (non-hydrogen) atoms. The molecular weight excluding hydrogens is 312 g/mol. The van der Waals surface area contributed by atoms with Crippen molar-refractivity contribution in [3.63, 3.8) is 0 Å². The first-order chi connectivity index (χ1) is 12.1. The third-order valence-electron chi connectivity index (χ3n) is 5.47. The van der Waals surface area contributed by atoms with Crippen LogP contribution < -0.4 is 0 Å². The highest BCUT2D eigenvalue weighted by molar-refractivity contribution is 5.88. The van der Waals surface area contributed by atoms with Gasteiger partial charge in [0.05, 0.1) is 5.41 Å². The molecule has 0 aromatic heterocycles. The van der Waals surface area contributed by atoms with Crippen LogP contribution in [0, 0.1) is 0 Å². The maximum atomic E-state index is 12.8. The number of benzene rings is 2. The summed E-state index contributed by atoms with van der Waals surface area (Å²) in [6.07, 6.45) is 5.36. The van der Waals surface area contributed by atoms with Crippen LogP contribution >= 0.6 is 0 Å². The fourth-order valence-electron chi connectivity index (χ4n) is 4.10. The minimum absolute atomic E-state index is 0.203. The molecule has 1 fully saturated rings.